The summed E-state index contributed by atoms with van der Waals surface area (Å²) in [6.07, 6.45) is 4.96. The summed E-state index contributed by atoms with van der Waals surface area (Å²) in [5.41, 5.74) is 0.856. The fourth-order valence-electron chi connectivity index (χ4n) is 2.77. The third kappa shape index (κ3) is 4.97. The molecule has 27 heavy (non-hydrogen) atoms. The molecular formula is C18H20ClN3O4S. The second-order valence-corrected chi connectivity index (χ2v) is 8.47. The molecule has 1 amide bonds. The molecule has 1 fully saturated rings. The highest BCUT2D eigenvalue weighted by Crippen LogP contribution is 2.31. The van der Waals surface area contributed by atoms with Crippen molar-refractivity contribution in [3.8, 4) is 5.75 Å². The first kappa shape index (κ1) is 19.6. The molecule has 2 aromatic rings. The Bertz CT molecular complexity index is 900. The standard InChI is InChI=1S/C18H20ClN3O4S/c19-15-5-6-16(17(10-15)27(24,25)22-8-1-2-9-22)26-13-18(23)21-12-14-4-3-7-20-11-14/h3-7,10-11H,1-2,8-9,12-13H2,(H,21,23). The van der Waals surface area contributed by atoms with E-state index in [9.17, 15) is 13.2 Å². The number of aromatic nitrogens is 1. The van der Waals surface area contributed by atoms with Gasteiger partial charge in [0.2, 0.25) is 10.0 Å². The molecule has 1 aliphatic heterocycles. The van der Waals surface area contributed by atoms with Gasteiger partial charge in [-0.3, -0.25) is 9.78 Å². The summed E-state index contributed by atoms with van der Waals surface area (Å²) in [5.74, 6) is -0.249. The van der Waals surface area contributed by atoms with E-state index in [1.54, 1.807) is 18.5 Å². The van der Waals surface area contributed by atoms with Crippen molar-refractivity contribution in [2.45, 2.75) is 24.3 Å². The average Bonchev–Trinajstić information content (AvgIpc) is 3.22. The van der Waals surface area contributed by atoms with Crippen molar-refractivity contribution >= 4 is 27.5 Å². The fraction of sp³-hybridized carbons (Fsp3) is 0.333. The van der Waals surface area contributed by atoms with E-state index in [-0.39, 0.29) is 23.2 Å². The molecule has 144 valence electrons. The number of hydrogen-bond donors (Lipinski definition) is 1. The monoisotopic (exact) mass is 409 g/mol. The first-order valence-electron chi connectivity index (χ1n) is 8.55. The molecule has 0 saturated carbocycles. The van der Waals surface area contributed by atoms with E-state index in [2.05, 4.69) is 10.3 Å². The van der Waals surface area contributed by atoms with Crippen LogP contribution in [0.4, 0.5) is 0 Å². The normalized spacial score (nSPS) is 14.9. The number of nitrogens with one attached hydrogen (secondary N) is 1. The lowest BCUT2D eigenvalue weighted by Gasteiger charge is -2.18. The van der Waals surface area contributed by atoms with E-state index < -0.39 is 10.0 Å². The van der Waals surface area contributed by atoms with Crippen LogP contribution >= 0.6 is 11.6 Å². The van der Waals surface area contributed by atoms with Crippen molar-refractivity contribution in [1.29, 1.82) is 0 Å². The Balaban J connectivity index is 1.67. The molecule has 1 saturated heterocycles. The number of carbonyl (C=O) groups is 1. The first-order valence-corrected chi connectivity index (χ1v) is 10.4. The molecule has 0 radical (unpaired) electrons. The van der Waals surface area contributed by atoms with Gasteiger partial charge in [0, 0.05) is 37.1 Å². The summed E-state index contributed by atoms with van der Waals surface area (Å²) in [6, 6.07) is 7.99. The lowest BCUT2D eigenvalue weighted by atomic mass is 10.3. The molecule has 0 spiro atoms. The molecule has 0 unspecified atom stereocenters. The van der Waals surface area contributed by atoms with Gasteiger partial charge < -0.3 is 10.1 Å². The minimum absolute atomic E-state index is 0.0167. The number of halogens is 1. The van der Waals surface area contributed by atoms with Gasteiger partial charge in [-0.1, -0.05) is 17.7 Å². The molecule has 0 atom stereocenters. The van der Waals surface area contributed by atoms with E-state index in [0.29, 0.717) is 24.7 Å². The van der Waals surface area contributed by atoms with Crippen LogP contribution in [0.3, 0.4) is 0 Å². The van der Waals surface area contributed by atoms with Crippen LogP contribution < -0.4 is 10.1 Å². The predicted molar refractivity (Wildman–Crippen MR) is 101 cm³/mol. The third-order valence-corrected chi connectivity index (χ3v) is 6.31. The SMILES string of the molecule is O=C(COc1ccc(Cl)cc1S(=O)(=O)N1CCCC1)NCc1cccnc1. The quantitative estimate of drug-likeness (QED) is 0.757. The third-order valence-electron chi connectivity index (χ3n) is 4.16. The van der Waals surface area contributed by atoms with Gasteiger partial charge in [0.05, 0.1) is 0 Å². The van der Waals surface area contributed by atoms with Crippen LogP contribution in [0.2, 0.25) is 5.02 Å². The molecule has 1 aliphatic rings. The van der Waals surface area contributed by atoms with Crippen LogP contribution in [0.5, 0.6) is 5.75 Å². The Hall–Kier alpha value is -2.16. The predicted octanol–water partition coefficient (Wildman–Crippen LogP) is 2.21. The lowest BCUT2D eigenvalue weighted by molar-refractivity contribution is -0.123. The number of hydrogen-bond acceptors (Lipinski definition) is 5. The number of pyridine rings is 1. The van der Waals surface area contributed by atoms with Gasteiger partial charge in [0.15, 0.2) is 6.61 Å². The van der Waals surface area contributed by atoms with E-state index >= 15 is 0 Å². The van der Waals surface area contributed by atoms with Gasteiger partial charge in [-0.25, -0.2) is 8.42 Å². The van der Waals surface area contributed by atoms with Gasteiger partial charge >= 0.3 is 0 Å². The highest BCUT2D eigenvalue weighted by Gasteiger charge is 2.30. The lowest BCUT2D eigenvalue weighted by Crippen LogP contribution is -2.30. The van der Waals surface area contributed by atoms with E-state index in [0.717, 1.165) is 18.4 Å². The Kier molecular flexibility index (Phi) is 6.30. The second-order valence-electron chi connectivity index (χ2n) is 6.13. The topological polar surface area (TPSA) is 88.6 Å². The zero-order valence-electron chi connectivity index (χ0n) is 14.6. The number of sulfonamides is 1. The van der Waals surface area contributed by atoms with Crippen molar-refractivity contribution in [2.75, 3.05) is 19.7 Å². The number of ether oxygens (including phenoxy) is 1. The summed E-state index contributed by atoms with van der Waals surface area (Å²) in [4.78, 5) is 16.0. The molecule has 1 aromatic heterocycles. The van der Waals surface area contributed by atoms with Crippen molar-refractivity contribution in [2.24, 2.45) is 0 Å². The number of carbonyl (C=O) groups excluding carboxylic acids is 1. The van der Waals surface area contributed by atoms with E-state index in [1.165, 1.54) is 22.5 Å². The number of nitrogens with zero attached hydrogens (tertiary/aromatic N) is 2. The van der Waals surface area contributed by atoms with Crippen LogP contribution in [0.15, 0.2) is 47.6 Å². The minimum Gasteiger partial charge on any atom is -0.482 e. The molecule has 1 aromatic carbocycles. The summed E-state index contributed by atoms with van der Waals surface area (Å²) >= 11 is 5.99. The van der Waals surface area contributed by atoms with Crippen LogP contribution in [0.1, 0.15) is 18.4 Å². The molecule has 1 N–H and O–H groups in total. The number of amides is 1. The van der Waals surface area contributed by atoms with Crippen molar-refractivity contribution < 1.29 is 17.9 Å². The van der Waals surface area contributed by atoms with E-state index in [1.807, 2.05) is 6.07 Å². The fourth-order valence-corrected chi connectivity index (χ4v) is 4.68. The molecule has 0 bridgehead atoms. The van der Waals surface area contributed by atoms with Crippen LogP contribution in [-0.2, 0) is 21.4 Å². The second kappa shape index (κ2) is 8.69. The molecular weight excluding hydrogens is 390 g/mol. The van der Waals surface area contributed by atoms with Crippen LogP contribution in [-0.4, -0.2) is 43.3 Å². The van der Waals surface area contributed by atoms with Crippen molar-refractivity contribution in [1.82, 2.24) is 14.6 Å². The molecule has 0 aliphatic carbocycles. The van der Waals surface area contributed by atoms with Gasteiger partial charge in [-0.2, -0.15) is 4.31 Å². The van der Waals surface area contributed by atoms with Crippen molar-refractivity contribution in [3.63, 3.8) is 0 Å². The summed E-state index contributed by atoms with van der Waals surface area (Å²) in [6.45, 7) is 0.958. The smallest absolute Gasteiger partial charge is 0.258 e. The molecule has 9 heteroatoms. The highest BCUT2D eigenvalue weighted by molar-refractivity contribution is 7.89. The zero-order chi connectivity index (χ0) is 19.3. The maximum Gasteiger partial charge on any atom is 0.258 e. The van der Waals surface area contributed by atoms with Gasteiger partial charge in [-0.05, 0) is 42.7 Å². The molecule has 3 rings (SSSR count). The Morgan fingerprint density at radius 1 is 1.26 bits per heavy atom. The summed E-state index contributed by atoms with van der Waals surface area (Å²) < 4.78 is 32.6. The maximum atomic E-state index is 12.8. The average molecular weight is 410 g/mol. The van der Waals surface area contributed by atoms with Crippen molar-refractivity contribution in [3.05, 3.63) is 53.3 Å². The Morgan fingerprint density at radius 3 is 2.74 bits per heavy atom. The maximum absolute atomic E-state index is 12.8. The number of benzene rings is 1. The summed E-state index contributed by atoms with van der Waals surface area (Å²) in [7, 11) is -3.71. The largest absolute Gasteiger partial charge is 0.482 e. The molecule has 7 nitrogen and oxygen atoms in total. The van der Waals surface area contributed by atoms with Crippen LogP contribution in [0.25, 0.3) is 0 Å². The van der Waals surface area contributed by atoms with Gasteiger partial charge in [0.25, 0.3) is 5.91 Å². The Labute approximate surface area is 163 Å². The zero-order valence-corrected chi connectivity index (χ0v) is 16.2. The van der Waals surface area contributed by atoms with Crippen LogP contribution in [0, 0.1) is 0 Å². The van der Waals surface area contributed by atoms with Gasteiger partial charge in [0.1, 0.15) is 10.6 Å². The minimum atomic E-state index is -3.71. The van der Waals surface area contributed by atoms with Gasteiger partial charge in [-0.15, -0.1) is 0 Å². The highest BCUT2D eigenvalue weighted by atomic mass is 35.5. The Morgan fingerprint density at radius 2 is 2.04 bits per heavy atom. The number of rotatable bonds is 7. The first-order chi connectivity index (χ1) is 13.0. The summed E-state index contributed by atoms with van der Waals surface area (Å²) in [5, 5.41) is 3.00. The molecule has 2 heterocycles. The van der Waals surface area contributed by atoms with E-state index in [4.69, 9.17) is 16.3 Å².